The van der Waals surface area contributed by atoms with Crippen molar-refractivity contribution in [2.45, 2.75) is 38.5 Å². The number of fused-ring (bicyclic) bond motifs is 3. The summed E-state index contributed by atoms with van der Waals surface area (Å²) >= 11 is 0. The van der Waals surface area contributed by atoms with Crippen LogP contribution < -0.4 is 21.2 Å². The van der Waals surface area contributed by atoms with Gasteiger partial charge in [0, 0.05) is 61.0 Å². The molecule has 13 nitrogen and oxygen atoms in total. The van der Waals surface area contributed by atoms with Crippen LogP contribution in [0.15, 0.2) is 70.3 Å². The van der Waals surface area contributed by atoms with Gasteiger partial charge in [0.15, 0.2) is 5.82 Å². The molecule has 1 unspecified atom stereocenters. The summed E-state index contributed by atoms with van der Waals surface area (Å²) in [4.78, 5) is 65.6. The predicted octanol–water partition coefficient (Wildman–Crippen LogP) is 4.17. The summed E-state index contributed by atoms with van der Waals surface area (Å²) < 4.78 is 9.00. The number of pyridine rings is 1. The van der Waals surface area contributed by atoms with Gasteiger partial charge in [-0.05, 0) is 74.2 Å². The molecule has 0 saturated carbocycles. The van der Waals surface area contributed by atoms with Gasteiger partial charge in [-0.3, -0.25) is 33.8 Å². The molecular formula is C39H34N8O5. The summed E-state index contributed by atoms with van der Waals surface area (Å²) in [5, 5.41) is 5.94. The van der Waals surface area contributed by atoms with Gasteiger partial charge in [0.25, 0.3) is 5.91 Å². The summed E-state index contributed by atoms with van der Waals surface area (Å²) in [6.45, 7) is 2.93. The van der Waals surface area contributed by atoms with Crippen LogP contribution in [-0.2, 0) is 30.1 Å². The molecule has 0 bridgehead atoms. The summed E-state index contributed by atoms with van der Waals surface area (Å²) in [7, 11) is 3.58. The van der Waals surface area contributed by atoms with E-state index >= 15 is 0 Å². The zero-order valence-corrected chi connectivity index (χ0v) is 28.8. The van der Waals surface area contributed by atoms with Crippen molar-refractivity contribution < 1.29 is 18.8 Å². The molecule has 1 fully saturated rings. The number of aryl methyl sites for hydroxylation is 4. The van der Waals surface area contributed by atoms with Crippen molar-refractivity contribution >= 4 is 51.1 Å². The third-order valence-electron chi connectivity index (χ3n) is 9.82. The Hall–Kier alpha value is -6.55. The molecule has 0 aliphatic carbocycles. The smallest absolute Gasteiger partial charge is 0.328 e. The highest BCUT2D eigenvalue weighted by Crippen LogP contribution is 2.36. The van der Waals surface area contributed by atoms with E-state index in [0.29, 0.717) is 29.0 Å². The molecule has 4 aromatic heterocycles. The number of nitrogens with zero attached hydrogens (tertiary/aromatic N) is 6. The Kier molecular flexibility index (Phi) is 8.14. The number of furan rings is 1. The van der Waals surface area contributed by atoms with Gasteiger partial charge in [0.2, 0.25) is 11.8 Å². The van der Waals surface area contributed by atoms with Crippen LogP contribution in [0, 0.1) is 18.8 Å². The fourth-order valence-corrected chi connectivity index (χ4v) is 7.17. The Morgan fingerprint density at radius 3 is 2.71 bits per heavy atom. The first-order chi connectivity index (χ1) is 25.2. The molecule has 260 valence electrons. The largest absolute Gasteiger partial charge is 0.464 e. The van der Waals surface area contributed by atoms with Crippen LogP contribution in [0.4, 0.5) is 11.4 Å². The van der Waals surface area contributed by atoms with E-state index < -0.39 is 5.92 Å². The van der Waals surface area contributed by atoms with E-state index in [1.165, 1.54) is 0 Å². The lowest BCUT2D eigenvalue weighted by atomic mass is 9.90. The summed E-state index contributed by atoms with van der Waals surface area (Å²) in [6.07, 6.45) is 7.41. The minimum Gasteiger partial charge on any atom is -0.464 e. The molecule has 0 radical (unpaired) electrons. The number of piperidine rings is 1. The molecule has 0 spiro atoms. The zero-order chi connectivity index (χ0) is 36.1. The van der Waals surface area contributed by atoms with Crippen molar-refractivity contribution in [3.63, 3.8) is 0 Å². The van der Waals surface area contributed by atoms with Crippen molar-refractivity contribution in [2.75, 3.05) is 18.0 Å². The van der Waals surface area contributed by atoms with Crippen LogP contribution in [-0.4, -0.2) is 54.9 Å². The number of rotatable bonds is 5. The van der Waals surface area contributed by atoms with E-state index in [1.807, 2.05) is 31.3 Å². The Labute approximate surface area is 297 Å². The lowest BCUT2D eigenvalue weighted by Gasteiger charge is -2.31. The van der Waals surface area contributed by atoms with E-state index in [-0.39, 0.29) is 42.1 Å². The van der Waals surface area contributed by atoms with Crippen LogP contribution in [0.5, 0.6) is 0 Å². The number of aromatic nitrogens is 5. The van der Waals surface area contributed by atoms with Gasteiger partial charge in [-0.15, -0.1) is 0 Å². The fourth-order valence-electron chi connectivity index (χ4n) is 7.17. The predicted molar refractivity (Wildman–Crippen MR) is 194 cm³/mol. The first-order valence-corrected chi connectivity index (χ1v) is 17.0. The number of amides is 3. The second-order valence-electron chi connectivity index (χ2n) is 13.1. The molecular weight excluding hydrogens is 660 g/mol. The molecule has 6 aromatic rings. The number of nitrogens with one attached hydrogen (secondary N) is 2. The van der Waals surface area contributed by atoms with Crippen molar-refractivity contribution in [3.8, 4) is 23.2 Å². The number of hydrogen-bond donors (Lipinski definition) is 2. The van der Waals surface area contributed by atoms with E-state index in [9.17, 15) is 19.2 Å². The first kappa shape index (κ1) is 32.6. The number of anilines is 2. The quantitative estimate of drug-likeness (QED) is 0.200. The fraction of sp³-hybridized carbons (Fsp3) is 0.256. The van der Waals surface area contributed by atoms with Gasteiger partial charge < -0.3 is 14.6 Å². The number of carbonyl (C=O) groups is 3. The molecule has 52 heavy (non-hydrogen) atoms. The second kappa shape index (κ2) is 13.0. The Morgan fingerprint density at radius 1 is 1.04 bits per heavy atom. The molecule has 1 atom stereocenters. The van der Waals surface area contributed by atoms with Crippen molar-refractivity contribution in [1.29, 1.82) is 0 Å². The lowest BCUT2D eigenvalue weighted by Crippen LogP contribution is -2.39. The topological polar surface area (TPSA) is 157 Å². The molecule has 1 saturated heterocycles. The minimum atomic E-state index is -0.463. The van der Waals surface area contributed by atoms with Crippen LogP contribution in [0.25, 0.3) is 33.4 Å². The standard InChI is InChI=1S/C39H34N8O5/c1-22-16-25(18-31-35(22)46(3)39(51)45(31)2)47-15-5-7-29-32(47)20-42-36(43-29)24-9-11-30(41-19-24)38(50)40-14-4-6-23-8-12-33-27(17-23)28(21-52-33)26-10-13-34(48)44-37(26)49/h8-9,11-12,16-21,26H,5,7,10,13-15H2,1-3H3,(H,40,50)(H,44,48,49). The van der Waals surface area contributed by atoms with E-state index in [1.54, 1.807) is 53.9 Å². The van der Waals surface area contributed by atoms with Gasteiger partial charge >= 0.3 is 5.69 Å². The molecule has 2 aliphatic heterocycles. The van der Waals surface area contributed by atoms with E-state index in [2.05, 4.69) is 43.4 Å². The van der Waals surface area contributed by atoms with Crippen LogP contribution in [0.2, 0.25) is 0 Å². The summed E-state index contributed by atoms with van der Waals surface area (Å²) in [5.41, 5.74) is 8.59. The van der Waals surface area contributed by atoms with Gasteiger partial charge in [0.05, 0.1) is 47.3 Å². The van der Waals surface area contributed by atoms with Gasteiger partial charge in [0.1, 0.15) is 11.3 Å². The van der Waals surface area contributed by atoms with Crippen LogP contribution >= 0.6 is 0 Å². The third kappa shape index (κ3) is 5.77. The van der Waals surface area contributed by atoms with Crippen LogP contribution in [0.3, 0.4) is 0 Å². The Balaban J connectivity index is 0.934. The first-order valence-electron chi connectivity index (χ1n) is 17.0. The molecule has 2 aliphatic rings. The maximum absolute atomic E-state index is 12.9. The van der Waals surface area contributed by atoms with E-state index in [0.717, 1.165) is 64.0 Å². The number of hydrogen-bond acceptors (Lipinski definition) is 9. The summed E-state index contributed by atoms with van der Waals surface area (Å²) in [6, 6.07) is 13.0. The van der Waals surface area contributed by atoms with Crippen molar-refractivity contribution in [1.82, 2.24) is 34.7 Å². The number of carbonyl (C=O) groups excluding carboxylic acids is 3. The lowest BCUT2D eigenvalue weighted by molar-refractivity contribution is -0.134. The van der Waals surface area contributed by atoms with Crippen molar-refractivity contribution in [2.24, 2.45) is 14.1 Å². The number of imide groups is 1. The maximum Gasteiger partial charge on any atom is 0.328 e. The van der Waals surface area contributed by atoms with Gasteiger partial charge in [-0.1, -0.05) is 11.8 Å². The SMILES string of the molecule is Cc1cc(N2CCCc3nc(-c4ccc(C(=O)NCC#Cc5ccc6occ(C7CCC(=O)NC7=O)c6c5)nc4)ncc32)cc2c1n(C)c(=O)n2C. The second-order valence-corrected chi connectivity index (χ2v) is 13.1. The highest BCUT2D eigenvalue weighted by Gasteiger charge is 2.30. The van der Waals surface area contributed by atoms with Gasteiger partial charge in [-0.2, -0.15) is 0 Å². The number of benzene rings is 2. The monoisotopic (exact) mass is 694 g/mol. The Bertz CT molecular complexity index is 2570. The van der Waals surface area contributed by atoms with Crippen LogP contribution in [0.1, 0.15) is 58.1 Å². The average molecular weight is 695 g/mol. The molecule has 13 heteroatoms. The molecule has 2 aromatic carbocycles. The molecule has 6 heterocycles. The molecule has 2 N–H and O–H groups in total. The summed E-state index contributed by atoms with van der Waals surface area (Å²) in [5.74, 6) is 5.12. The highest BCUT2D eigenvalue weighted by molar-refractivity contribution is 6.02. The third-order valence-corrected chi connectivity index (χ3v) is 9.82. The molecule has 8 rings (SSSR count). The van der Waals surface area contributed by atoms with E-state index in [4.69, 9.17) is 9.40 Å². The zero-order valence-electron chi connectivity index (χ0n) is 28.8. The Morgan fingerprint density at radius 2 is 1.90 bits per heavy atom. The minimum absolute atomic E-state index is 0.0579. The van der Waals surface area contributed by atoms with Crippen molar-refractivity contribution in [3.05, 3.63) is 99.7 Å². The number of imidazole rings is 1. The average Bonchev–Trinajstić information content (AvgIpc) is 3.66. The maximum atomic E-state index is 12.9. The van der Waals surface area contributed by atoms with Gasteiger partial charge in [-0.25, -0.2) is 14.8 Å². The highest BCUT2D eigenvalue weighted by atomic mass is 16.3. The molecule has 3 amide bonds. The normalized spacial score (nSPS) is 15.7.